The lowest BCUT2D eigenvalue weighted by molar-refractivity contribution is 0.130. The van der Waals surface area contributed by atoms with Gasteiger partial charge in [0.2, 0.25) is 0 Å². The summed E-state index contributed by atoms with van der Waals surface area (Å²) in [6.07, 6.45) is 0.742. The fourth-order valence-electron chi connectivity index (χ4n) is 2.06. The molecule has 0 unspecified atom stereocenters. The molecule has 22 heavy (non-hydrogen) atoms. The second-order valence-electron chi connectivity index (χ2n) is 5.27. The highest BCUT2D eigenvalue weighted by Gasteiger charge is 2.10. The molecule has 0 bridgehead atoms. The molecule has 2 aromatic rings. The Morgan fingerprint density at radius 1 is 1.18 bits per heavy atom. The van der Waals surface area contributed by atoms with Crippen molar-refractivity contribution in [3.8, 4) is 5.75 Å². The van der Waals surface area contributed by atoms with Crippen molar-refractivity contribution in [2.75, 3.05) is 0 Å². The number of phenols is 1. The summed E-state index contributed by atoms with van der Waals surface area (Å²) in [6, 6.07) is 11.9. The molecule has 2 rings (SSSR count). The van der Waals surface area contributed by atoms with Crippen molar-refractivity contribution < 1.29 is 9.94 Å². The summed E-state index contributed by atoms with van der Waals surface area (Å²) in [7, 11) is 0. The summed E-state index contributed by atoms with van der Waals surface area (Å²) >= 11 is 2.26. The van der Waals surface area contributed by atoms with Gasteiger partial charge in [0.1, 0.15) is 12.4 Å². The Kier molecular flexibility index (Phi) is 5.83. The average Bonchev–Trinajstić information content (AvgIpc) is 2.50. The maximum atomic E-state index is 9.90. The van der Waals surface area contributed by atoms with Crippen LogP contribution in [0.1, 0.15) is 35.6 Å². The predicted molar refractivity (Wildman–Crippen MR) is 98.4 cm³/mol. The monoisotopic (exact) mass is 409 g/mol. The summed E-state index contributed by atoms with van der Waals surface area (Å²) in [6.45, 7) is 6.42. The standard InChI is InChI=1S/C18H20INO2/c1-4-17(15-10-18(21)13(3)9-16(15)19)20-22-11-14-7-5-12(2)6-8-14/h5-10,21H,4,11H2,1-3H3. The van der Waals surface area contributed by atoms with Gasteiger partial charge in [-0.05, 0) is 66.1 Å². The van der Waals surface area contributed by atoms with Crippen molar-refractivity contribution in [1.29, 1.82) is 0 Å². The van der Waals surface area contributed by atoms with Gasteiger partial charge in [0, 0.05) is 9.13 Å². The Balaban J connectivity index is 2.14. The fraction of sp³-hybridized carbons (Fsp3) is 0.278. The minimum Gasteiger partial charge on any atom is -0.508 e. The summed E-state index contributed by atoms with van der Waals surface area (Å²) in [5.74, 6) is 0.287. The highest BCUT2D eigenvalue weighted by Crippen LogP contribution is 2.24. The Morgan fingerprint density at radius 3 is 2.50 bits per heavy atom. The number of oxime groups is 1. The van der Waals surface area contributed by atoms with Crippen LogP contribution in [0.4, 0.5) is 0 Å². The second-order valence-corrected chi connectivity index (χ2v) is 6.43. The molecule has 3 nitrogen and oxygen atoms in total. The van der Waals surface area contributed by atoms with Gasteiger partial charge in [-0.15, -0.1) is 0 Å². The Hall–Kier alpha value is -1.56. The number of halogens is 1. The molecule has 0 saturated carbocycles. The predicted octanol–water partition coefficient (Wildman–Crippen LogP) is 4.94. The van der Waals surface area contributed by atoms with E-state index in [1.54, 1.807) is 6.07 Å². The summed E-state index contributed by atoms with van der Waals surface area (Å²) in [5, 5.41) is 14.2. The van der Waals surface area contributed by atoms with Crippen LogP contribution in [-0.2, 0) is 11.4 Å². The molecule has 116 valence electrons. The SMILES string of the molecule is CCC(=NOCc1ccc(C)cc1)c1cc(O)c(C)cc1I. The molecule has 0 fully saturated rings. The molecule has 0 atom stereocenters. The van der Waals surface area contributed by atoms with Crippen LogP contribution in [-0.4, -0.2) is 10.8 Å². The first-order valence-electron chi connectivity index (χ1n) is 7.25. The quantitative estimate of drug-likeness (QED) is 0.432. The molecular formula is C18H20INO2. The molecule has 0 radical (unpaired) electrons. The number of phenolic OH excluding ortho intramolecular Hbond substituents is 1. The smallest absolute Gasteiger partial charge is 0.142 e. The van der Waals surface area contributed by atoms with Crippen molar-refractivity contribution in [1.82, 2.24) is 0 Å². The van der Waals surface area contributed by atoms with Crippen LogP contribution in [0.15, 0.2) is 41.6 Å². The highest BCUT2D eigenvalue weighted by atomic mass is 127. The zero-order valence-electron chi connectivity index (χ0n) is 13.1. The molecular weight excluding hydrogens is 389 g/mol. The first-order valence-corrected chi connectivity index (χ1v) is 8.33. The lowest BCUT2D eigenvalue weighted by Crippen LogP contribution is -2.04. The first kappa shape index (κ1) is 16.8. The summed E-state index contributed by atoms with van der Waals surface area (Å²) < 4.78 is 1.06. The maximum Gasteiger partial charge on any atom is 0.142 e. The van der Waals surface area contributed by atoms with Gasteiger partial charge in [-0.1, -0.05) is 41.9 Å². The van der Waals surface area contributed by atoms with Gasteiger partial charge in [-0.3, -0.25) is 0 Å². The van der Waals surface area contributed by atoms with Crippen molar-refractivity contribution in [3.05, 3.63) is 62.2 Å². The van der Waals surface area contributed by atoms with Gasteiger partial charge in [-0.25, -0.2) is 0 Å². The largest absolute Gasteiger partial charge is 0.508 e. The molecule has 0 amide bonds. The molecule has 0 aliphatic heterocycles. The van der Waals surface area contributed by atoms with Gasteiger partial charge in [0.25, 0.3) is 0 Å². The Morgan fingerprint density at radius 2 is 1.86 bits per heavy atom. The van der Waals surface area contributed by atoms with Crippen LogP contribution in [0.2, 0.25) is 0 Å². The third-order valence-electron chi connectivity index (χ3n) is 3.46. The Labute approximate surface area is 145 Å². The number of aromatic hydroxyl groups is 1. The molecule has 0 aliphatic carbocycles. The van der Waals surface area contributed by atoms with E-state index in [4.69, 9.17) is 4.84 Å². The lowest BCUT2D eigenvalue weighted by atomic mass is 10.1. The number of hydrogen-bond donors (Lipinski definition) is 1. The minimum atomic E-state index is 0.287. The molecule has 0 saturated heterocycles. The van der Waals surface area contributed by atoms with Gasteiger partial charge in [0.15, 0.2) is 0 Å². The van der Waals surface area contributed by atoms with Gasteiger partial charge >= 0.3 is 0 Å². The lowest BCUT2D eigenvalue weighted by Gasteiger charge is -2.09. The average molecular weight is 409 g/mol. The first-order chi connectivity index (χ1) is 10.5. The van der Waals surface area contributed by atoms with E-state index >= 15 is 0 Å². The van der Waals surface area contributed by atoms with E-state index in [9.17, 15) is 5.11 Å². The fourth-order valence-corrected chi connectivity index (χ4v) is 2.99. The van der Waals surface area contributed by atoms with Crippen molar-refractivity contribution in [2.24, 2.45) is 5.16 Å². The third-order valence-corrected chi connectivity index (χ3v) is 4.35. The van der Waals surface area contributed by atoms with E-state index in [0.29, 0.717) is 6.61 Å². The maximum absolute atomic E-state index is 9.90. The normalized spacial score (nSPS) is 11.5. The van der Waals surface area contributed by atoms with E-state index in [-0.39, 0.29) is 5.75 Å². The summed E-state index contributed by atoms with van der Waals surface area (Å²) in [5.41, 5.74) is 4.95. The van der Waals surface area contributed by atoms with E-state index in [1.807, 2.05) is 32.0 Å². The molecule has 1 N–H and O–H groups in total. The zero-order valence-corrected chi connectivity index (χ0v) is 15.2. The highest BCUT2D eigenvalue weighted by molar-refractivity contribution is 14.1. The van der Waals surface area contributed by atoms with Crippen LogP contribution in [0, 0.1) is 17.4 Å². The van der Waals surface area contributed by atoms with E-state index < -0.39 is 0 Å². The van der Waals surface area contributed by atoms with E-state index in [2.05, 4.69) is 46.8 Å². The number of rotatable bonds is 5. The number of nitrogens with zero attached hydrogens (tertiary/aromatic N) is 1. The van der Waals surface area contributed by atoms with Crippen LogP contribution < -0.4 is 0 Å². The number of hydrogen-bond acceptors (Lipinski definition) is 3. The van der Waals surface area contributed by atoms with Crippen molar-refractivity contribution >= 4 is 28.3 Å². The number of aryl methyl sites for hydroxylation is 2. The molecule has 2 aromatic carbocycles. The van der Waals surface area contributed by atoms with Crippen LogP contribution in [0.5, 0.6) is 5.75 Å². The Bertz CT molecular complexity index is 678. The summed E-state index contributed by atoms with van der Waals surface area (Å²) in [4.78, 5) is 5.50. The minimum absolute atomic E-state index is 0.287. The molecule has 0 heterocycles. The molecule has 0 aromatic heterocycles. The molecule has 0 spiro atoms. The van der Waals surface area contributed by atoms with Gasteiger partial charge in [-0.2, -0.15) is 0 Å². The van der Waals surface area contributed by atoms with Crippen LogP contribution >= 0.6 is 22.6 Å². The van der Waals surface area contributed by atoms with Gasteiger partial charge < -0.3 is 9.94 Å². The van der Waals surface area contributed by atoms with Crippen molar-refractivity contribution in [2.45, 2.75) is 33.8 Å². The second kappa shape index (κ2) is 7.63. The van der Waals surface area contributed by atoms with Gasteiger partial charge in [0.05, 0.1) is 5.71 Å². The van der Waals surface area contributed by atoms with Crippen LogP contribution in [0.25, 0.3) is 0 Å². The van der Waals surface area contributed by atoms with Crippen molar-refractivity contribution in [3.63, 3.8) is 0 Å². The molecule has 4 heteroatoms. The topological polar surface area (TPSA) is 41.8 Å². The van der Waals surface area contributed by atoms with Crippen LogP contribution in [0.3, 0.4) is 0 Å². The van der Waals surface area contributed by atoms with E-state index in [0.717, 1.165) is 32.4 Å². The zero-order chi connectivity index (χ0) is 16.1. The number of benzene rings is 2. The van der Waals surface area contributed by atoms with E-state index in [1.165, 1.54) is 5.56 Å². The molecule has 0 aliphatic rings. The third kappa shape index (κ3) is 4.22.